The lowest BCUT2D eigenvalue weighted by Gasteiger charge is -1.88. The van der Waals surface area contributed by atoms with Gasteiger partial charge in [-0.15, -0.1) is 11.3 Å². The molecule has 0 amide bonds. The molecule has 0 unspecified atom stereocenters. The maximum absolute atomic E-state index is 11.9. The second-order valence-corrected chi connectivity index (χ2v) is 5.17. The Morgan fingerprint density at radius 3 is 2.42 bits per heavy atom. The molecule has 0 bridgehead atoms. The molecule has 3 nitrogen and oxygen atoms in total. The van der Waals surface area contributed by atoms with Gasteiger partial charge in [-0.2, -0.15) is 0 Å². The fourth-order valence-corrected chi connectivity index (χ4v) is 2.31. The van der Waals surface area contributed by atoms with E-state index in [4.69, 9.17) is 10.7 Å². The van der Waals surface area contributed by atoms with Crippen molar-refractivity contribution in [3.63, 3.8) is 0 Å². The number of nitrogens with zero attached hydrogens (tertiary/aromatic N) is 1. The van der Waals surface area contributed by atoms with Gasteiger partial charge in [0.2, 0.25) is 0 Å². The maximum atomic E-state index is 11.9. The summed E-state index contributed by atoms with van der Waals surface area (Å²) in [6, 6.07) is 0. The summed E-state index contributed by atoms with van der Waals surface area (Å²) in [6.07, 6.45) is -2.76. The van der Waals surface area contributed by atoms with E-state index in [-0.39, 0.29) is 0 Å². The molecular weight excluding hydrogens is 232 g/mol. The van der Waals surface area contributed by atoms with E-state index in [1.807, 2.05) is 0 Å². The van der Waals surface area contributed by atoms with Gasteiger partial charge < -0.3 is 0 Å². The molecule has 0 aliphatic heterocycles. The average Bonchev–Trinajstić information content (AvgIpc) is 2.30. The minimum absolute atomic E-state index is 0.524. The van der Waals surface area contributed by atoms with Crippen molar-refractivity contribution in [2.24, 2.45) is 0 Å². The molecule has 1 aromatic rings. The second-order valence-electron chi connectivity index (χ2n) is 1.76. The Kier molecular flexibility index (Phi) is 2.64. The lowest BCUT2D eigenvalue weighted by Crippen LogP contribution is -1.91. The number of aromatic nitrogens is 1. The summed E-state index contributed by atoms with van der Waals surface area (Å²) in [4.78, 5) is 3.13. The monoisotopic (exact) mass is 233 g/mol. The van der Waals surface area contributed by atoms with Crippen LogP contribution in [-0.2, 0) is 9.05 Å². The van der Waals surface area contributed by atoms with Gasteiger partial charge in [0.15, 0.2) is 10.0 Å². The van der Waals surface area contributed by atoms with E-state index >= 15 is 0 Å². The minimum Gasteiger partial charge on any atom is -0.222 e. The van der Waals surface area contributed by atoms with Gasteiger partial charge in [0.05, 0.1) is 0 Å². The summed E-state index contributed by atoms with van der Waals surface area (Å²) in [5, 5.41) is -0.0946. The predicted octanol–water partition coefficient (Wildman–Crippen LogP) is 2.01. The zero-order valence-corrected chi connectivity index (χ0v) is 7.76. The molecule has 12 heavy (non-hydrogen) atoms. The number of thiazole rings is 1. The van der Waals surface area contributed by atoms with Crippen LogP contribution >= 0.6 is 22.0 Å². The molecule has 0 aliphatic rings. The molecule has 0 spiro atoms. The standard InChI is InChI=1S/C4H2ClF2NO2S2/c5-12(9,10)2-1-11-4(8-2)3(6)7/h1,3H. The Morgan fingerprint density at radius 2 is 2.17 bits per heavy atom. The van der Waals surface area contributed by atoms with Crippen LogP contribution in [0.15, 0.2) is 10.4 Å². The molecule has 68 valence electrons. The first-order valence-electron chi connectivity index (χ1n) is 2.59. The Labute approximate surface area is 75.4 Å². The fourth-order valence-electron chi connectivity index (χ4n) is 0.484. The molecule has 1 heterocycles. The van der Waals surface area contributed by atoms with Crippen LogP contribution in [0.1, 0.15) is 11.4 Å². The molecule has 1 aromatic heterocycles. The van der Waals surface area contributed by atoms with E-state index in [9.17, 15) is 17.2 Å². The second kappa shape index (κ2) is 3.23. The summed E-state index contributed by atoms with van der Waals surface area (Å²) >= 11 is 0.560. The molecule has 0 aliphatic carbocycles. The number of alkyl halides is 2. The van der Waals surface area contributed by atoms with Crippen LogP contribution in [0.25, 0.3) is 0 Å². The third kappa shape index (κ3) is 2.11. The van der Waals surface area contributed by atoms with Crippen LogP contribution in [-0.4, -0.2) is 13.4 Å². The molecular formula is C4H2ClF2NO2S2. The van der Waals surface area contributed by atoms with Gasteiger partial charge in [0, 0.05) is 16.1 Å². The van der Waals surface area contributed by atoms with E-state index in [1.165, 1.54) is 0 Å². The quantitative estimate of drug-likeness (QED) is 0.734. The zero-order valence-electron chi connectivity index (χ0n) is 5.37. The van der Waals surface area contributed by atoms with Crippen molar-refractivity contribution in [3.05, 3.63) is 10.4 Å². The van der Waals surface area contributed by atoms with Crippen molar-refractivity contribution < 1.29 is 17.2 Å². The largest absolute Gasteiger partial charge is 0.289 e. The van der Waals surface area contributed by atoms with E-state index < -0.39 is 25.5 Å². The summed E-state index contributed by atoms with van der Waals surface area (Å²) in [5.74, 6) is 0. The highest BCUT2D eigenvalue weighted by Crippen LogP contribution is 2.25. The third-order valence-electron chi connectivity index (χ3n) is 0.937. The molecule has 0 saturated carbocycles. The molecule has 0 saturated heterocycles. The van der Waals surface area contributed by atoms with Crippen molar-refractivity contribution in [1.82, 2.24) is 4.98 Å². The Balaban J connectivity index is 3.09. The molecule has 0 radical (unpaired) electrons. The topological polar surface area (TPSA) is 47.0 Å². The number of halogens is 3. The van der Waals surface area contributed by atoms with Gasteiger partial charge in [-0.05, 0) is 0 Å². The maximum Gasteiger partial charge on any atom is 0.289 e. The summed E-state index contributed by atoms with van der Waals surface area (Å²) in [7, 11) is 0.871. The van der Waals surface area contributed by atoms with Gasteiger partial charge in [0.25, 0.3) is 15.5 Å². The number of hydrogen-bond acceptors (Lipinski definition) is 4. The Hall–Kier alpha value is -0.270. The van der Waals surface area contributed by atoms with E-state index in [0.29, 0.717) is 11.3 Å². The smallest absolute Gasteiger partial charge is 0.222 e. The molecule has 0 N–H and O–H groups in total. The zero-order chi connectivity index (χ0) is 9.35. The van der Waals surface area contributed by atoms with Crippen LogP contribution in [0.2, 0.25) is 0 Å². The van der Waals surface area contributed by atoms with Gasteiger partial charge in [0.1, 0.15) is 0 Å². The Bertz CT molecular complexity index is 374. The summed E-state index contributed by atoms with van der Waals surface area (Å²) < 4.78 is 44.8. The highest BCUT2D eigenvalue weighted by molar-refractivity contribution is 8.13. The first-order valence-corrected chi connectivity index (χ1v) is 5.78. The van der Waals surface area contributed by atoms with Crippen LogP contribution in [0.5, 0.6) is 0 Å². The van der Waals surface area contributed by atoms with Crippen molar-refractivity contribution in [2.45, 2.75) is 11.5 Å². The highest BCUT2D eigenvalue weighted by Gasteiger charge is 2.18. The van der Waals surface area contributed by atoms with Crippen LogP contribution in [0.4, 0.5) is 8.78 Å². The van der Waals surface area contributed by atoms with Crippen molar-refractivity contribution in [3.8, 4) is 0 Å². The molecule has 0 fully saturated rings. The lowest BCUT2D eigenvalue weighted by molar-refractivity contribution is 0.150. The minimum atomic E-state index is -3.98. The normalized spacial score (nSPS) is 12.3. The number of rotatable bonds is 2. The molecule has 8 heteroatoms. The summed E-state index contributed by atoms with van der Waals surface area (Å²) in [5.41, 5.74) is 0. The lowest BCUT2D eigenvalue weighted by atomic mass is 10.7. The Morgan fingerprint density at radius 1 is 1.58 bits per heavy atom. The predicted molar refractivity (Wildman–Crippen MR) is 40.1 cm³/mol. The molecule has 0 aromatic carbocycles. The van der Waals surface area contributed by atoms with Gasteiger partial charge in [-0.25, -0.2) is 22.2 Å². The fraction of sp³-hybridized carbons (Fsp3) is 0.250. The van der Waals surface area contributed by atoms with Gasteiger partial charge in [-0.3, -0.25) is 0 Å². The van der Waals surface area contributed by atoms with E-state index in [2.05, 4.69) is 4.98 Å². The van der Waals surface area contributed by atoms with Crippen molar-refractivity contribution >= 4 is 31.1 Å². The SMILES string of the molecule is O=S(=O)(Cl)c1csc(C(F)F)n1. The highest BCUT2D eigenvalue weighted by atomic mass is 35.7. The third-order valence-corrected chi connectivity index (χ3v) is 3.12. The van der Waals surface area contributed by atoms with E-state index in [0.717, 1.165) is 5.38 Å². The average molecular weight is 234 g/mol. The first kappa shape index (κ1) is 9.82. The van der Waals surface area contributed by atoms with Crippen LogP contribution < -0.4 is 0 Å². The number of hydrogen-bond donors (Lipinski definition) is 0. The molecule has 1 rings (SSSR count). The van der Waals surface area contributed by atoms with Crippen molar-refractivity contribution in [2.75, 3.05) is 0 Å². The van der Waals surface area contributed by atoms with Crippen LogP contribution in [0, 0.1) is 0 Å². The van der Waals surface area contributed by atoms with E-state index in [1.54, 1.807) is 0 Å². The first-order chi connectivity index (χ1) is 5.41. The van der Waals surface area contributed by atoms with Gasteiger partial charge in [-0.1, -0.05) is 0 Å². The van der Waals surface area contributed by atoms with Crippen LogP contribution in [0.3, 0.4) is 0 Å². The van der Waals surface area contributed by atoms with Crippen molar-refractivity contribution in [1.29, 1.82) is 0 Å². The van der Waals surface area contributed by atoms with Gasteiger partial charge >= 0.3 is 0 Å². The summed E-state index contributed by atoms with van der Waals surface area (Å²) in [6.45, 7) is 0. The molecule has 0 atom stereocenters.